The van der Waals surface area contributed by atoms with Gasteiger partial charge >= 0.3 is 0 Å². The van der Waals surface area contributed by atoms with Crippen molar-refractivity contribution in [2.75, 3.05) is 6.54 Å². The maximum absolute atomic E-state index is 14.3. The Bertz CT molecular complexity index is 807. The van der Waals surface area contributed by atoms with Crippen LogP contribution in [0.5, 0.6) is 0 Å². The van der Waals surface area contributed by atoms with E-state index in [0.717, 1.165) is 11.1 Å². The molecular weight excluding hydrogens is 327 g/mol. The zero-order chi connectivity index (χ0) is 19.5. The molecule has 4 nitrogen and oxygen atoms in total. The van der Waals surface area contributed by atoms with Gasteiger partial charge in [0.2, 0.25) is 0 Å². The quantitative estimate of drug-likeness (QED) is 0.464. The minimum Gasteiger partial charge on any atom is -0.384 e. The van der Waals surface area contributed by atoms with E-state index in [0.29, 0.717) is 12.1 Å². The lowest BCUT2D eigenvalue weighted by molar-refractivity contribution is 0.512. The third-order valence-electron chi connectivity index (χ3n) is 4.61. The number of nitrogens with one attached hydrogen (secondary N) is 3. The largest absolute Gasteiger partial charge is 0.384 e. The number of benzene rings is 2. The SMILES string of the molecule is CC(C)c1ccc(C(=N)NCC(C)(C)c2ccc(C(=N)N)cc2)c(F)c1. The van der Waals surface area contributed by atoms with Crippen LogP contribution in [0.1, 0.15) is 55.9 Å². The molecule has 138 valence electrons. The molecule has 0 saturated carbocycles. The average Bonchev–Trinajstić information content (AvgIpc) is 2.59. The van der Waals surface area contributed by atoms with Crippen LogP contribution >= 0.6 is 0 Å². The van der Waals surface area contributed by atoms with Gasteiger partial charge in [-0.05, 0) is 29.2 Å². The summed E-state index contributed by atoms with van der Waals surface area (Å²) in [7, 11) is 0. The first kappa shape index (κ1) is 19.6. The molecule has 0 heterocycles. The van der Waals surface area contributed by atoms with Crippen LogP contribution in [0.15, 0.2) is 42.5 Å². The number of hydrogen-bond donors (Lipinski definition) is 4. The molecule has 0 radical (unpaired) electrons. The van der Waals surface area contributed by atoms with Crippen molar-refractivity contribution >= 4 is 11.7 Å². The number of rotatable bonds is 6. The van der Waals surface area contributed by atoms with Crippen molar-refractivity contribution in [1.82, 2.24) is 5.32 Å². The van der Waals surface area contributed by atoms with Gasteiger partial charge in [-0.15, -0.1) is 0 Å². The van der Waals surface area contributed by atoms with Gasteiger partial charge < -0.3 is 11.1 Å². The Balaban J connectivity index is 2.09. The predicted molar refractivity (Wildman–Crippen MR) is 106 cm³/mol. The van der Waals surface area contributed by atoms with E-state index in [-0.39, 0.29) is 34.4 Å². The summed E-state index contributed by atoms with van der Waals surface area (Å²) in [6, 6.07) is 12.5. The van der Waals surface area contributed by atoms with Crippen molar-refractivity contribution in [3.63, 3.8) is 0 Å². The highest BCUT2D eigenvalue weighted by Gasteiger charge is 2.22. The lowest BCUT2D eigenvalue weighted by Gasteiger charge is -2.26. The van der Waals surface area contributed by atoms with Gasteiger partial charge in [0.05, 0.1) is 5.56 Å². The van der Waals surface area contributed by atoms with Gasteiger partial charge in [0, 0.05) is 17.5 Å². The van der Waals surface area contributed by atoms with Crippen LogP contribution in [0, 0.1) is 16.6 Å². The zero-order valence-corrected chi connectivity index (χ0v) is 15.8. The smallest absolute Gasteiger partial charge is 0.134 e. The first-order valence-corrected chi connectivity index (χ1v) is 8.69. The van der Waals surface area contributed by atoms with E-state index in [9.17, 15) is 4.39 Å². The molecule has 0 fully saturated rings. The van der Waals surface area contributed by atoms with Crippen LogP contribution in [0.2, 0.25) is 0 Å². The molecule has 0 aliphatic carbocycles. The Morgan fingerprint density at radius 2 is 1.73 bits per heavy atom. The lowest BCUT2D eigenvalue weighted by atomic mass is 9.84. The Morgan fingerprint density at radius 3 is 2.23 bits per heavy atom. The number of nitrogens with two attached hydrogens (primary N) is 1. The van der Waals surface area contributed by atoms with Crippen molar-refractivity contribution in [3.05, 3.63) is 70.5 Å². The Hall–Kier alpha value is -2.69. The fourth-order valence-corrected chi connectivity index (χ4v) is 2.70. The summed E-state index contributed by atoms with van der Waals surface area (Å²) in [5.74, 6) is -0.0178. The van der Waals surface area contributed by atoms with E-state index in [1.807, 2.05) is 58.0 Å². The van der Waals surface area contributed by atoms with Crippen LogP contribution in [0.3, 0.4) is 0 Å². The molecule has 2 aromatic rings. The van der Waals surface area contributed by atoms with Crippen LogP contribution in [0.25, 0.3) is 0 Å². The molecule has 0 aromatic heterocycles. The molecule has 0 atom stereocenters. The Kier molecular flexibility index (Phi) is 5.80. The van der Waals surface area contributed by atoms with Gasteiger partial charge in [0.1, 0.15) is 17.5 Å². The molecule has 0 saturated heterocycles. The summed E-state index contributed by atoms with van der Waals surface area (Å²) in [5.41, 5.74) is 8.15. The topological polar surface area (TPSA) is 85.8 Å². The van der Waals surface area contributed by atoms with Crippen LogP contribution in [0.4, 0.5) is 4.39 Å². The highest BCUT2D eigenvalue weighted by atomic mass is 19.1. The van der Waals surface area contributed by atoms with Gasteiger partial charge in [0.15, 0.2) is 0 Å². The highest BCUT2D eigenvalue weighted by molar-refractivity contribution is 5.96. The summed E-state index contributed by atoms with van der Waals surface area (Å²) in [6.45, 7) is 8.61. The summed E-state index contributed by atoms with van der Waals surface area (Å²) >= 11 is 0. The third kappa shape index (κ3) is 4.48. The normalized spacial score (nSPS) is 11.5. The monoisotopic (exact) mass is 354 g/mol. The molecule has 0 bridgehead atoms. The molecule has 0 spiro atoms. The third-order valence-corrected chi connectivity index (χ3v) is 4.61. The fourth-order valence-electron chi connectivity index (χ4n) is 2.70. The average molecular weight is 354 g/mol. The number of amidine groups is 2. The molecular formula is C21H27FN4. The minimum atomic E-state index is -0.377. The van der Waals surface area contributed by atoms with E-state index in [4.69, 9.17) is 16.6 Å². The standard InChI is InChI=1S/C21H27FN4/c1-13(2)15-7-10-17(18(22)11-15)20(25)26-12-21(3,4)16-8-5-14(6-9-16)19(23)24/h5-11,13H,12H2,1-4H3,(H3,23,24)(H2,25,26). The van der Waals surface area contributed by atoms with E-state index >= 15 is 0 Å². The second kappa shape index (κ2) is 7.68. The zero-order valence-electron chi connectivity index (χ0n) is 15.8. The van der Waals surface area contributed by atoms with Gasteiger partial charge in [-0.25, -0.2) is 4.39 Å². The van der Waals surface area contributed by atoms with Crippen molar-refractivity contribution in [1.29, 1.82) is 10.8 Å². The highest BCUT2D eigenvalue weighted by Crippen LogP contribution is 2.23. The maximum Gasteiger partial charge on any atom is 0.134 e. The predicted octanol–water partition coefficient (Wildman–Crippen LogP) is 4.13. The summed E-state index contributed by atoms with van der Waals surface area (Å²) in [4.78, 5) is 0. The van der Waals surface area contributed by atoms with Gasteiger partial charge in [-0.2, -0.15) is 0 Å². The van der Waals surface area contributed by atoms with Crippen molar-refractivity contribution in [2.24, 2.45) is 5.73 Å². The summed E-state index contributed by atoms with van der Waals surface area (Å²) in [5, 5.41) is 18.7. The van der Waals surface area contributed by atoms with Crippen LogP contribution < -0.4 is 11.1 Å². The Morgan fingerprint density at radius 1 is 1.12 bits per heavy atom. The lowest BCUT2D eigenvalue weighted by Crippen LogP contribution is -2.37. The van der Waals surface area contributed by atoms with Gasteiger partial charge in [0.25, 0.3) is 0 Å². The Labute approximate surface area is 154 Å². The van der Waals surface area contributed by atoms with Gasteiger partial charge in [-0.3, -0.25) is 10.8 Å². The number of hydrogen-bond acceptors (Lipinski definition) is 2. The summed E-state index contributed by atoms with van der Waals surface area (Å²) in [6.07, 6.45) is 0. The van der Waals surface area contributed by atoms with E-state index in [1.165, 1.54) is 6.07 Å². The molecule has 0 aliphatic rings. The molecule has 0 aliphatic heterocycles. The first-order valence-electron chi connectivity index (χ1n) is 8.69. The number of nitrogen functional groups attached to an aromatic ring is 1. The van der Waals surface area contributed by atoms with Crippen molar-refractivity contribution in [3.8, 4) is 0 Å². The summed E-state index contributed by atoms with van der Waals surface area (Å²) < 4.78 is 14.3. The number of halogens is 1. The molecule has 26 heavy (non-hydrogen) atoms. The molecule has 5 heteroatoms. The molecule has 5 N–H and O–H groups in total. The van der Waals surface area contributed by atoms with Crippen LogP contribution in [-0.4, -0.2) is 18.2 Å². The van der Waals surface area contributed by atoms with E-state index in [1.54, 1.807) is 6.07 Å². The molecule has 2 rings (SSSR count). The second-order valence-corrected chi connectivity index (χ2v) is 7.50. The molecule has 0 amide bonds. The molecule has 2 aromatic carbocycles. The van der Waals surface area contributed by atoms with E-state index in [2.05, 4.69) is 5.32 Å². The van der Waals surface area contributed by atoms with Crippen molar-refractivity contribution in [2.45, 2.75) is 39.0 Å². The minimum absolute atomic E-state index is 0.0366. The molecule has 0 unspecified atom stereocenters. The van der Waals surface area contributed by atoms with E-state index < -0.39 is 0 Å². The van der Waals surface area contributed by atoms with Crippen molar-refractivity contribution < 1.29 is 4.39 Å². The fraction of sp³-hybridized carbons (Fsp3) is 0.333. The maximum atomic E-state index is 14.3. The first-order chi connectivity index (χ1) is 12.1. The second-order valence-electron chi connectivity index (χ2n) is 7.50. The van der Waals surface area contributed by atoms with Crippen LogP contribution in [-0.2, 0) is 5.41 Å². The van der Waals surface area contributed by atoms with Gasteiger partial charge in [-0.1, -0.05) is 58.0 Å².